The first-order valence-electron chi connectivity index (χ1n) is 47.1. The molecule has 16 nitrogen and oxygen atoms in total. The second-order valence-electron chi connectivity index (χ2n) is 31.0. The molecule has 0 aromatic rings. The molecule has 0 aliphatic heterocycles. The van der Waals surface area contributed by atoms with E-state index in [2.05, 4.69) is 203 Å². The van der Waals surface area contributed by atoms with Crippen LogP contribution >= 0.6 is 15.6 Å². The Bertz CT molecular complexity index is 2890. The highest BCUT2D eigenvalue weighted by Crippen LogP contribution is 2.45. The average Bonchev–Trinajstić information content (AvgIpc) is 0.902. The second-order valence-corrected chi connectivity index (χ2v) is 34.0. The Hall–Kier alpha value is -5.35. The van der Waals surface area contributed by atoms with Gasteiger partial charge in [0.2, 0.25) is 0 Å². The zero-order valence-electron chi connectivity index (χ0n) is 75.0. The van der Waals surface area contributed by atoms with Crippen LogP contribution in [0, 0.1) is 0 Å². The van der Waals surface area contributed by atoms with E-state index in [1.54, 1.807) is 0 Å². The third-order valence-corrected chi connectivity index (χ3v) is 21.5. The van der Waals surface area contributed by atoms with Gasteiger partial charge in [-0.3, -0.25) is 32.5 Å². The molecule has 0 heterocycles. The molecule has 18 heteroatoms. The lowest BCUT2D eigenvalue weighted by atomic mass is 10.0. The van der Waals surface area contributed by atoms with Gasteiger partial charge in [0.05, 0.1) is 26.4 Å². The Morgan fingerprint density at radius 1 is 0.244 bits per heavy atom. The minimum Gasteiger partial charge on any atom is -0.463 e. The number of aliphatic hydroxyl groups is 2. The fourth-order valence-corrected chi connectivity index (χ4v) is 14.1. The number of ether oxygens (including phenoxy) is 3. The predicted octanol–water partition coefficient (Wildman–Crippen LogP) is 29.2. The summed E-state index contributed by atoms with van der Waals surface area (Å²) in [4.78, 5) is 59.0. The molecule has 0 amide bonds. The first-order chi connectivity index (χ1) is 58.2. The normalized spacial score (nSPS) is 14.6. The van der Waals surface area contributed by atoms with Crippen LogP contribution in [0.1, 0.15) is 380 Å². The quantitative estimate of drug-likeness (QED) is 0.0146. The summed E-state index contributed by atoms with van der Waals surface area (Å²) in [6, 6.07) is 0. The van der Waals surface area contributed by atoms with Gasteiger partial charge in [-0.2, -0.15) is 0 Å². The summed E-state index contributed by atoms with van der Waals surface area (Å²) in [6.45, 7) is 2.43. The number of carbonyl (C=O) groups excluding carboxylic acids is 3. The SMILES string of the molecule is CC/C=C\C/C=C\C/C=C\C/C=C\C/C=C\C/C=C\CCCCCCC(=O)OC(COC(=O)CCCCCCCCCCCCC/C=C\C/C=C\C/C=C\C/C=C\C/C=C\CC)COP(=O)(O)OCC(O)COP(=O)(O)OCC(O)COC(=O)CCCCCCCCCCCCCCCCCCC/C=C\C/C=C\C/C=C\C/C=C\CCCCC. The van der Waals surface area contributed by atoms with Crippen LogP contribution in [-0.4, -0.2) is 95.9 Å². The summed E-state index contributed by atoms with van der Waals surface area (Å²) < 4.78 is 61.5. The summed E-state index contributed by atoms with van der Waals surface area (Å²) in [5, 5.41) is 20.8. The van der Waals surface area contributed by atoms with Crippen LogP contribution in [0.4, 0.5) is 0 Å². The fourth-order valence-electron chi connectivity index (χ4n) is 12.5. The smallest absolute Gasteiger partial charge is 0.463 e. The van der Waals surface area contributed by atoms with Crippen molar-refractivity contribution in [2.75, 3.05) is 39.6 Å². The van der Waals surface area contributed by atoms with Crippen LogP contribution in [0.5, 0.6) is 0 Å². The largest absolute Gasteiger partial charge is 0.472 e. The zero-order chi connectivity index (χ0) is 86.5. The lowest BCUT2D eigenvalue weighted by Crippen LogP contribution is -2.30. The van der Waals surface area contributed by atoms with Crippen LogP contribution in [0.15, 0.2) is 182 Å². The number of phosphoric ester groups is 2. The van der Waals surface area contributed by atoms with Gasteiger partial charge in [0.15, 0.2) is 6.10 Å². The minimum atomic E-state index is -4.96. The Morgan fingerprint density at radius 3 is 0.706 bits per heavy atom. The molecule has 119 heavy (non-hydrogen) atoms. The molecular formula is C101H170O16P2. The summed E-state index contributed by atoms with van der Waals surface area (Å²) in [5.74, 6) is -1.60. The summed E-state index contributed by atoms with van der Waals surface area (Å²) >= 11 is 0. The molecule has 0 aliphatic carbocycles. The average molecular weight is 1700 g/mol. The van der Waals surface area contributed by atoms with Gasteiger partial charge in [0, 0.05) is 19.3 Å². The van der Waals surface area contributed by atoms with E-state index in [-0.39, 0.29) is 19.3 Å². The topological polar surface area (TPSA) is 231 Å². The molecule has 0 fully saturated rings. The highest BCUT2D eigenvalue weighted by atomic mass is 31.2. The number of carbonyl (C=O) groups is 3. The van der Waals surface area contributed by atoms with Gasteiger partial charge >= 0.3 is 33.6 Å². The standard InChI is InChI=1S/C101H170O16P2/c1-4-7-10-13-16-19-22-25-28-31-34-37-40-42-44-45-46-47-48-49-51-53-55-57-60-63-66-69-72-75-78-81-84-87-99(104)111-90-96(102)91-113-118(107,108)114-92-97(103)93-115-119(109,110)116-95-98(117-101(106)89-86-83-80-77-74-71-68-65-62-59-54-39-36-33-30-27-24-21-18-15-12-9-6-3)94-112-100(105)88-85-82-79-76-73-70-67-64-61-58-56-52-50-43-41-38-35-32-29-26-23-20-17-14-11-8-5-2/h8-9,11-12,16-21,25-30,34-39,42-44,50,59,62,68,71,96-98,102-103H,4-7,10,13-15,22-24,31-33,40-41,45-49,51-58,60-61,63-67,69-70,72-95H2,1-3H3,(H,107,108)(H,109,110)/b11-8-,12-9-,19-16-,20-17-,21-18-,28-25-,29-26-,30-27-,37-34-,38-35-,39-36-,44-42-,50-43-,62-59-,71-68-. The van der Waals surface area contributed by atoms with E-state index in [0.29, 0.717) is 19.3 Å². The van der Waals surface area contributed by atoms with E-state index in [4.69, 9.17) is 32.3 Å². The van der Waals surface area contributed by atoms with Crippen LogP contribution in [0.2, 0.25) is 0 Å². The number of rotatable bonds is 88. The van der Waals surface area contributed by atoms with Gasteiger partial charge < -0.3 is 34.2 Å². The number of esters is 3. The summed E-state index contributed by atoms with van der Waals surface area (Å²) in [6.07, 6.45) is 121. The molecule has 0 aliphatic rings. The summed E-state index contributed by atoms with van der Waals surface area (Å²) in [5.41, 5.74) is 0. The monoisotopic (exact) mass is 1700 g/mol. The Kier molecular flexibility index (Phi) is 87.7. The van der Waals surface area contributed by atoms with E-state index in [1.807, 2.05) is 0 Å². The number of hydrogen-bond acceptors (Lipinski definition) is 14. The molecule has 0 spiro atoms. The summed E-state index contributed by atoms with van der Waals surface area (Å²) in [7, 11) is -9.83. The lowest BCUT2D eigenvalue weighted by molar-refractivity contribution is -0.161. The van der Waals surface area contributed by atoms with Gasteiger partial charge in [0.25, 0.3) is 0 Å². The predicted molar refractivity (Wildman–Crippen MR) is 500 cm³/mol. The molecule has 680 valence electrons. The second kappa shape index (κ2) is 91.8. The van der Waals surface area contributed by atoms with E-state index < -0.39 is 91.5 Å². The number of hydrogen-bond donors (Lipinski definition) is 4. The molecule has 5 atom stereocenters. The highest BCUT2D eigenvalue weighted by molar-refractivity contribution is 7.47. The van der Waals surface area contributed by atoms with Crippen molar-refractivity contribution in [3.05, 3.63) is 182 Å². The number of allylic oxidation sites excluding steroid dienone is 30. The van der Waals surface area contributed by atoms with Crippen LogP contribution in [0.25, 0.3) is 0 Å². The van der Waals surface area contributed by atoms with Crippen molar-refractivity contribution < 1.29 is 75.8 Å². The molecule has 5 unspecified atom stereocenters. The van der Waals surface area contributed by atoms with Crippen molar-refractivity contribution in [2.45, 2.75) is 399 Å². The third-order valence-electron chi connectivity index (χ3n) is 19.6. The molecule has 0 rings (SSSR count). The fraction of sp³-hybridized carbons (Fsp3) is 0.673. The van der Waals surface area contributed by atoms with E-state index >= 15 is 0 Å². The maximum atomic E-state index is 13.1. The highest BCUT2D eigenvalue weighted by Gasteiger charge is 2.29. The van der Waals surface area contributed by atoms with Gasteiger partial charge in [-0.15, -0.1) is 0 Å². The van der Waals surface area contributed by atoms with Crippen molar-refractivity contribution in [2.24, 2.45) is 0 Å². The van der Waals surface area contributed by atoms with Crippen molar-refractivity contribution in [3.8, 4) is 0 Å². The number of unbranched alkanes of at least 4 members (excludes halogenated alkanes) is 35. The third kappa shape index (κ3) is 93.2. The Labute approximate surface area is 725 Å². The molecule has 4 N–H and O–H groups in total. The van der Waals surface area contributed by atoms with Gasteiger partial charge in [-0.05, 0) is 161 Å². The van der Waals surface area contributed by atoms with Crippen LogP contribution in [-0.2, 0) is 55.8 Å². The van der Waals surface area contributed by atoms with Crippen molar-refractivity contribution >= 4 is 33.6 Å². The first-order valence-corrected chi connectivity index (χ1v) is 50.1. The van der Waals surface area contributed by atoms with E-state index in [1.165, 1.54) is 154 Å². The lowest BCUT2D eigenvalue weighted by Gasteiger charge is -2.21. The van der Waals surface area contributed by atoms with Crippen molar-refractivity contribution in [3.63, 3.8) is 0 Å². The molecule has 0 radical (unpaired) electrons. The Balaban J connectivity index is 4.61. The molecule has 0 aromatic carbocycles. The maximum absolute atomic E-state index is 13.1. The first kappa shape index (κ1) is 114. The van der Waals surface area contributed by atoms with Gasteiger partial charge in [-0.25, -0.2) is 9.13 Å². The molecule has 0 saturated carbocycles. The van der Waals surface area contributed by atoms with Gasteiger partial charge in [-0.1, -0.05) is 383 Å². The zero-order valence-corrected chi connectivity index (χ0v) is 76.8. The van der Waals surface area contributed by atoms with E-state index in [0.717, 1.165) is 167 Å². The molecular weight excluding hydrogens is 1530 g/mol. The maximum Gasteiger partial charge on any atom is 0.472 e. The Morgan fingerprint density at radius 2 is 0.445 bits per heavy atom. The van der Waals surface area contributed by atoms with Crippen molar-refractivity contribution in [1.82, 2.24) is 0 Å². The van der Waals surface area contributed by atoms with Crippen LogP contribution < -0.4 is 0 Å². The van der Waals surface area contributed by atoms with Crippen molar-refractivity contribution in [1.29, 1.82) is 0 Å². The molecule has 0 saturated heterocycles. The van der Waals surface area contributed by atoms with Gasteiger partial charge in [0.1, 0.15) is 25.4 Å². The number of aliphatic hydroxyl groups excluding tert-OH is 2. The minimum absolute atomic E-state index is 0.0683. The van der Waals surface area contributed by atoms with E-state index in [9.17, 15) is 43.5 Å². The number of phosphoric acid groups is 2. The molecule has 0 bridgehead atoms. The van der Waals surface area contributed by atoms with Crippen LogP contribution in [0.3, 0.4) is 0 Å². The molecule has 0 aromatic heterocycles.